The number of benzene rings is 3. The summed E-state index contributed by atoms with van der Waals surface area (Å²) in [4.78, 5) is 12.0. The molecule has 1 N–H and O–H groups in total. The van der Waals surface area contributed by atoms with Gasteiger partial charge in [0.1, 0.15) is 18.1 Å². The fourth-order valence-corrected chi connectivity index (χ4v) is 2.55. The van der Waals surface area contributed by atoms with E-state index >= 15 is 0 Å². The van der Waals surface area contributed by atoms with Gasteiger partial charge in [0, 0.05) is 10.7 Å². The number of amides is 1. The molecule has 0 fully saturated rings. The molecule has 3 rings (SSSR count). The standard InChI is InChI=1S/C22H20ClNO3/c1-16-13-20(11-12-21(16)23)27-15-22(25)24-18-7-9-19(10-8-18)26-14-17-5-3-2-4-6-17/h2-13H,14-15H2,1H3,(H,24,25). The van der Waals surface area contributed by atoms with E-state index in [0.29, 0.717) is 23.1 Å². The van der Waals surface area contributed by atoms with E-state index in [1.54, 1.807) is 30.3 Å². The molecule has 5 heteroatoms. The number of hydrogen-bond donors (Lipinski definition) is 1. The maximum Gasteiger partial charge on any atom is 0.262 e. The minimum absolute atomic E-state index is 0.0761. The van der Waals surface area contributed by atoms with Crippen LogP contribution >= 0.6 is 11.6 Å². The molecule has 0 unspecified atom stereocenters. The molecule has 0 aliphatic carbocycles. The lowest BCUT2D eigenvalue weighted by molar-refractivity contribution is -0.118. The Morgan fingerprint density at radius 3 is 2.33 bits per heavy atom. The van der Waals surface area contributed by atoms with Crippen molar-refractivity contribution in [3.8, 4) is 11.5 Å². The number of hydrogen-bond acceptors (Lipinski definition) is 3. The summed E-state index contributed by atoms with van der Waals surface area (Å²) in [5.74, 6) is 1.11. The molecule has 1 amide bonds. The van der Waals surface area contributed by atoms with Crippen LogP contribution in [0.1, 0.15) is 11.1 Å². The van der Waals surface area contributed by atoms with Gasteiger partial charge >= 0.3 is 0 Å². The minimum Gasteiger partial charge on any atom is -0.489 e. The van der Waals surface area contributed by atoms with Crippen LogP contribution in [0.5, 0.6) is 11.5 Å². The summed E-state index contributed by atoms with van der Waals surface area (Å²) in [6, 6.07) is 22.5. The van der Waals surface area contributed by atoms with Gasteiger partial charge < -0.3 is 14.8 Å². The van der Waals surface area contributed by atoms with E-state index in [2.05, 4.69) is 5.32 Å². The Morgan fingerprint density at radius 2 is 1.63 bits per heavy atom. The zero-order valence-corrected chi connectivity index (χ0v) is 15.7. The predicted molar refractivity (Wildman–Crippen MR) is 108 cm³/mol. The molecular formula is C22H20ClNO3. The largest absolute Gasteiger partial charge is 0.489 e. The van der Waals surface area contributed by atoms with Crippen LogP contribution in [0.15, 0.2) is 72.8 Å². The van der Waals surface area contributed by atoms with Crippen molar-refractivity contribution in [3.63, 3.8) is 0 Å². The van der Waals surface area contributed by atoms with Gasteiger partial charge in [0.05, 0.1) is 0 Å². The van der Waals surface area contributed by atoms with E-state index in [1.165, 1.54) is 0 Å². The molecule has 0 bridgehead atoms. The first-order chi connectivity index (χ1) is 13.1. The molecule has 0 radical (unpaired) electrons. The highest BCUT2D eigenvalue weighted by molar-refractivity contribution is 6.31. The molecule has 3 aromatic rings. The molecule has 0 aromatic heterocycles. The van der Waals surface area contributed by atoms with Gasteiger partial charge in [0.15, 0.2) is 6.61 Å². The van der Waals surface area contributed by atoms with Crippen LogP contribution in [0, 0.1) is 6.92 Å². The lowest BCUT2D eigenvalue weighted by Crippen LogP contribution is -2.20. The Balaban J connectivity index is 1.47. The average Bonchev–Trinajstić information content (AvgIpc) is 2.69. The number of rotatable bonds is 7. The second-order valence-corrected chi connectivity index (χ2v) is 6.45. The zero-order valence-electron chi connectivity index (χ0n) is 14.9. The van der Waals surface area contributed by atoms with Crippen molar-refractivity contribution in [2.24, 2.45) is 0 Å². The summed E-state index contributed by atoms with van der Waals surface area (Å²) < 4.78 is 11.2. The van der Waals surface area contributed by atoms with Gasteiger partial charge in [-0.3, -0.25) is 4.79 Å². The first-order valence-electron chi connectivity index (χ1n) is 8.56. The SMILES string of the molecule is Cc1cc(OCC(=O)Nc2ccc(OCc3ccccc3)cc2)ccc1Cl. The normalized spacial score (nSPS) is 10.3. The number of aryl methyl sites for hydroxylation is 1. The van der Waals surface area contributed by atoms with Crippen LogP contribution in [0.4, 0.5) is 5.69 Å². The second-order valence-electron chi connectivity index (χ2n) is 6.05. The molecule has 0 saturated heterocycles. The highest BCUT2D eigenvalue weighted by Gasteiger charge is 2.05. The molecule has 4 nitrogen and oxygen atoms in total. The summed E-state index contributed by atoms with van der Waals surface area (Å²) in [6.45, 7) is 2.31. The van der Waals surface area contributed by atoms with Gasteiger partial charge in [-0.15, -0.1) is 0 Å². The first-order valence-corrected chi connectivity index (χ1v) is 8.93. The predicted octanol–water partition coefficient (Wildman–Crippen LogP) is 5.24. The molecule has 0 atom stereocenters. The zero-order chi connectivity index (χ0) is 19.1. The van der Waals surface area contributed by atoms with E-state index in [0.717, 1.165) is 16.9 Å². The van der Waals surface area contributed by atoms with Crippen molar-refractivity contribution >= 4 is 23.2 Å². The summed E-state index contributed by atoms with van der Waals surface area (Å²) in [7, 11) is 0. The quantitative estimate of drug-likeness (QED) is 0.608. The summed E-state index contributed by atoms with van der Waals surface area (Å²) in [5.41, 5.74) is 2.69. The molecule has 0 aliphatic heterocycles. The van der Waals surface area contributed by atoms with Gasteiger partial charge in [-0.25, -0.2) is 0 Å². The van der Waals surface area contributed by atoms with E-state index in [9.17, 15) is 4.79 Å². The Bertz CT molecular complexity index is 895. The number of carbonyl (C=O) groups excluding carboxylic acids is 1. The van der Waals surface area contributed by atoms with Crippen LogP contribution in [0.2, 0.25) is 5.02 Å². The summed E-state index contributed by atoms with van der Waals surface area (Å²) in [5, 5.41) is 3.46. The summed E-state index contributed by atoms with van der Waals surface area (Å²) in [6.07, 6.45) is 0. The number of halogens is 1. The van der Waals surface area contributed by atoms with Crippen molar-refractivity contribution in [2.75, 3.05) is 11.9 Å². The highest BCUT2D eigenvalue weighted by Crippen LogP contribution is 2.21. The number of anilines is 1. The third-order valence-corrected chi connectivity index (χ3v) is 4.31. The molecule has 27 heavy (non-hydrogen) atoms. The smallest absolute Gasteiger partial charge is 0.262 e. The highest BCUT2D eigenvalue weighted by atomic mass is 35.5. The van der Waals surface area contributed by atoms with E-state index in [1.807, 2.05) is 49.4 Å². The van der Waals surface area contributed by atoms with Gasteiger partial charge in [-0.05, 0) is 60.5 Å². The van der Waals surface area contributed by atoms with E-state index in [-0.39, 0.29) is 12.5 Å². The average molecular weight is 382 g/mol. The van der Waals surface area contributed by atoms with Crippen molar-refractivity contribution in [1.29, 1.82) is 0 Å². The molecule has 3 aromatic carbocycles. The Labute approximate surface area is 163 Å². The summed E-state index contributed by atoms with van der Waals surface area (Å²) >= 11 is 5.98. The Kier molecular flexibility index (Phi) is 6.34. The van der Waals surface area contributed by atoms with Crippen molar-refractivity contribution in [3.05, 3.63) is 88.9 Å². The van der Waals surface area contributed by atoms with Gasteiger partial charge in [-0.1, -0.05) is 41.9 Å². The third kappa shape index (κ3) is 5.76. The second kappa shape index (κ2) is 9.10. The molecule has 0 saturated carbocycles. The minimum atomic E-state index is -0.236. The monoisotopic (exact) mass is 381 g/mol. The molecule has 138 valence electrons. The van der Waals surface area contributed by atoms with Crippen molar-refractivity contribution in [2.45, 2.75) is 13.5 Å². The van der Waals surface area contributed by atoms with Crippen LogP contribution in [0.3, 0.4) is 0 Å². The van der Waals surface area contributed by atoms with Crippen LogP contribution in [-0.2, 0) is 11.4 Å². The first kappa shape index (κ1) is 18.8. The number of nitrogens with one attached hydrogen (secondary N) is 1. The van der Waals surface area contributed by atoms with Crippen molar-refractivity contribution in [1.82, 2.24) is 0 Å². The Hall–Kier alpha value is -2.98. The fraction of sp³-hybridized carbons (Fsp3) is 0.136. The van der Waals surface area contributed by atoms with Gasteiger partial charge in [0.2, 0.25) is 0 Å². The topological polar surface area (TPSA) is 47.6 Å². The maximum absolute atomic E-state index is 12.0. The van der Waals surface area contributed by atoms with Crippen LogP contribution < -0.4 is 14.8 Å². The number of carbonyl (C=O) groups is 1. The van der Waals surface area contributed by atoms with Gasteiger partial charge in [0.25, 0.3) is 5.91 Å². The van der Waals surface area contributed by atoms with E-state index < -0.39 is 0 Å². The van der Waals surface area contributed by atoms with Gasteiger partial charge in [-0.2, -0.15) is 0 Å². The fourth-order valence-electron chi connectivity index (χ4n) is 2.43. The molecule has 0 aliphatic rings. The lowest BCUT2D eigenvalue weighted by atomic mass is 10.2. The molecular weight excluding hydrogens is 362 g/mol. The Morgan fingerprint density at radius 1 is 0.926 bits per heavy atom. The third-order valence-electron chi connectivity index (χ3n) is 3.89. The van der Waals surface area contributed by atoms with Crippen LogP contribution in [0.25, 0.3) is 0 Å². The van der Waals surface area contributed by atoms with Crippen LogP contribution in [-0.4, -0.2) is 12.5 Å². The number of ether oxygens (including phenoxy) is 2. The van der Waals surface area contributed by atoms with Crippen molar-refractivity contribution < 1.29 is 14.3 Å². The molecule has 0 spiro atoms. The lowest BCUT2D eigenvalue weighted by Gasteiger charge is -2.10. The molecule has 0 heterocycles. The van der Waals surface area contributed by atoms with E-state index in [4.69, 9.17) is 21.1 Å². The maximum atomic E-state index is 12.0.